The number of nitro groups is 1. The van der Waals surface area contributed by atoms with E-state index in [4.69, 9.17) is 4.74 Å². The van der Waals surface area contributed by atoms with E-state index in [-0.39, 0.29) is 35.8 Å². The summed E-state index contributed by atoms with van der Waals surface area (Å²) < 4.78 is 5.29. The van der Waals surface area contributed by atoms with Crippen LogP contribution in [-0.2, 0) is 21.9 Å². The van der Waals surface area contributed by atoms with Gasteiger partial charge in [0.05, 0.1) is 17.8 Å². The number of ether oxygens (including phenoxy) is 1. The molecule has 0 bridgehead atoms. The molecule has 0 aliphatic rings. The predicted molar refractivity (Wildman–Crippen MR) is 130 cm³/mol. The highest BCUT2D eigenvalue weighted by Gasteiger charge is 2.29. The second-order valence-corrected chi connectivity index (χ2v) is 8.86. The molecule has 0 radical (unpaired) electrons. The molecule has 178 valence electrons. The Morgan fingerprint density at radius 2 is 1.85 bits per heavy atom. The van der Waals surface area contributed by atoms with Crippen LogP contribution in [0.4, 0.5) is 5.69 Å². The summed E-state index contributed by atoms with van der Waals surface area (Å²) in [5.41, 5.74) is 1.80. The highest BCUT2D eigenvalue weighted by atomic mass is 32.2. The molecular formula is C24H31N3O5S. The molecule has 1 atom stereocenters. The molecule has 0 aromatic heterocycles. The van der Waals surface area contributed by atoms with Gasteiger partial charge in [0.15, 0.2) is 0 Å². The van der Waals surface area contributed by atoms with Gasteiger partial charge in [0.2, 0.25) is 11.8 Å². The molecule has 33 heavy (non-hydrogen) atoms. The number of carbonyl (C=O) groups is 2. The Morgan fingerprint density at radius 1 is 1.15 bits per heavy atom. The monoisotopic (exact) mass is 473 g/mol. The van der Waals surface area contributed by atoms with Crippen molar-refractivity contribution in [2.45, 2.75) is 51.6 Å². The van der Waals surface area contributed by atoms with Gasteiger partial charge in [-0.25, -0.2) is 0 Å². The molecule has 0 aliphatic heterocycles. The quantitative estimate of drug-likeness (QED) is 0.367. The first kappa shape index (κ1) is 26.2. The van der Waals surface area contributed by atoms with E-state index < -0.39 is 11.0 Å². The third-order valence-corrected chi connectivity index (χ3v) is 5.93. The lowest BCUT2D eigenvalue weighted by Gasteiger charge is -2.31. The zero-order valence-corrected chi connectivity index (χ0v) is 20.3. The van der Waals surface area contributed by atoms with E-state index in [1.165, 1.54) is 23.9 Å². The summed E-state index contributed by atoms with van der Waals surface area (Å²) in [4.78, 5) is 38.0. The highest BCUT2D eigenvalue weighted by Crippen LogP contribution is 2.21. The summed E-state index contributed by atoms with van der Waals surface area (Å²) in [7, 11) is 1.59. The molecule has 2 aromatic rings. The van der Waals surface area contributed by atoms with Crippen molar-refractivity contribution in [2.24, 2.45) is 0 Å². The minimum atomic E-state index is -0.592. The number of non-ortho nitro benzene ring substituents is 1. The molecule has 2 aromatic carbocycles. The fourth-order valence-corrected chi connectivity index (χ4v) is 4.19. The van der Waals surface area contributed by atoms with E-state index in [1.54, 1.807) is 24.1 Å². The molecule has 0 unspecified atom stereocenters. The second kappa shape index (κ2) is 12.8. The predicted octanol–water partition coefficient (Wildman–Crippen LogP) is 4.17. The average Bonchev–Trinajstić information content (AvgIpc) is 2.78. The van der Waals surface area contributed by atoms with Crippen molar-refractivity contribution in [1.29, 1.82) is 0 Å². The molecular weight excluding hydrogens is 442 g/mol. The van der Waals surface area contributed by atoms with Crippen LogP contribution >= 0.6 is 11.8 Å². The number of rotatable bonds is 12. The summed E-state index contributed by atoms with van der Waals surface area (Å²) >= 11 is 1.41. The van der Waals surface area contributed by atoms with Crippen LogP contribution in [0.2, 0.25) is 0 Å². The van der Waals surface area contributed by atoms with Crippen molar-refractivity contribution < 1.29 is 19.2 Å². The standard InChI is InChI=1S/C24H31N3O5S/c1-5-22(24(29)25-17(2)3)26(14-19-7-6-8-21(13-19)32-4)23(28)16-33-15-18-9-11-20(12-10-18)27(30)31/h6-13,17,22H,5,14-16H2,1-4H3,(H,25,29)/t22-/m1/s1. The van der Waals surface area contributed by atoms with Crippen molar-refractivity contribution in [3.63, 3.8) is 0 Å². The summed E-state index contributed by atoms with van der Waals surface area (Å²) in [6.45, 7) is 5.95. The maximum Gasteiger partial charge on any atom is 0.269 e. The molecule has 0 heterocycles. The number of nitrogens with zero attached hydrogens (tertiary/aromatic N) is 2. The van der Waals surface area contributed by atoms with Crippen LogP contribution in [0.1, 0.15) is 38.3 Å². The molecule has 0 fully saturated rings. The molecule has 2 amide bonds. The van der Waals surface area contributed by atoms with Gasteiger partial charge in [0.1, 0.15) is 11.8 Å². The van der Waals surface area contributed by atoms with Crippen LogP contribution in [0.3, 0.4) is 0 Å². The largest absolute Gasteiger partial charge is 0.497 e. The number of amides is 2. The second-order valence-electron chi connectivity index (χ2n) is 7.88. The van der Waals surface area contributed by atoms with Gasteiger partial charge in [-0.1, -0.05) is 31.2 Å². The van der Waals surface area contributed by atoms with Gasteiger partial charge in [0, 0.05) is 30.5 Å². The third kappa shape index (κ3) is 8.09. The van der Waals surface area contributed by atoms with E-state index in [9.17, 15) is 19.7 Å². The number of hydrogen-bond donors (Lipinski definition) is 1. The summed E-state index contributed by atoms with van der Waals surface area (Å²) in [5, 5.41) is 13.7. The van der Waals surface area contributed by atoms with Crippen LogP contribution in [-0.4, -0.2) is 46.6 Å². The van der Waals surface area contributed by atoms with E-state index in [0.717, 1.165) is 11.1 Å². The Balaban J connectivity index is 2.13. The Morgan fingerprint density at radius 3 is 2.42 bits per heavy atom. The Kier molecular flexibility index (Phi) is 10.2. The topological polar surface area (TPSA) is 102 Å². The van der Waals surface area contributed by atoms with E-state index in [0.29, 0.717) is 17.9 Å². The van der Waals surface area contributed by atoms with Crippen molar-refractivity contribution in [1.82, 2.24) is 10.2 Å². The van der Waals surface area contributed by atoms with Crippen molar-refractivity contribution in [3.8, 4) is 5.75 Å². The number of methoxy groups -OCH3 is 1. The van der Waals surface area contributed by atoms with Crippen LogP contribution in [0.15, 0.2) is 48.5 Å². The average molecular weight is 474 g/mol. The molecule has 0 aliphatic carbocycles. The van der Waals surface area contributed by atoms with E-state index in [2.05, 4.69) is 5.32 Å². The number of nitro benzene ring substituents is 1. The Bertz CT molecular complexity index is 949. The van der Waals surface area contributed by atoms with Crippen LogP contribution < -0.4 is 10.1 Å². The zero-order valence-electron chi connectivity index (χ0n) is 19.4. The minimum Gasteiger partial charge on any atom is -0.497 e. The fraction of sp³-hybridized carbons (Fsp3) is 0.417. The van der Waals surface area contributed by atoms with Crippen LogP contribution in [0.5, 0.6) is 5.75 Å². The van der Waals surface area contributed by atoms with E-state index in [1.807, 2.05) is 45.0 Å². The molecule has 0 saturated heterocycles. The number of nitrogens with one attached hydrogen (secondary N) is 1. The highest BCUT2D eigenvalue weighted by molar-refractivity contribution is 7.99. The summed E-state index contributed by atoms with van der Waals surface area (Å²) in [6.07, 6.45) is 0.487. The first-order valence-corrected chi connectivity index (χ1v) is 11.9. The van der Waals surface area contributed by atoms with Crippen LogP contribution in [0.25, 0.3) is 0 Å². The smallest absolute Gasteiger partial charge is 0.269 e. The first-order valence-electron chi connectivity index (χ1n) is 10.8. The lowest BCUT2D eigenvalue weighted by molar-refractivity contribution is -0.384. The SMILES string of the molecule is CC[C@H](C(=O)NC(C)C)N(Cc1cccc(OC)c1)C(=O)CSCc1ccc([N+](=O)[O-])cc1. The number of carbonyl (C=O) groups excluding carboxylic acids is 2. The lowest BCUT2D eigenvalue weighted by atomic mass is 10.1. The summed E-state index contributed by atoms with van der Waals surface area (Å²) in [5.74, 6) is 1.09. The maximum atomic E-state index is 13.2. The first-order chi connectivity index (χ1) is 15.7. The van der Waals surface area contributed by atoms with E-state index >= 15 is 0 Å². The van der Waals surface area contributed by atoms with Gasteiger partial charge in [-0.05, 0) is 43.5 Å². The zero-order chi connectivity index (χ0) is 24.4. The molecule has 9 heteroatoms. The fourth-order valence-electron chi connectivity index (χ4n) is 3.32. The maximum absolute atomic E-state index is 13.2. The molecule has 8 nitrogen and oxygen atoms in total. The van der Waals surface area contributed by atoms with Gasteiger partial charge >= 0.3 is 0 Å². The molecule has 0 spiro atoms. The van der Waals surface area contributed by atoms with Gasteiger partial charge in [-0.2, -0.15) is 0 Å². The summed E-state index contributed by atoms with van der Waals surface area (Å²) in [6, 6.07) is 13.1. The van der Waals surface area contributed by atoms with Gasteiger partial charge in [-0.15, -0.1) is 11.8 Å². The Hall–Kier alpha value is -3.07. The van der Waals surface area contributed by atoms with Crippen molar-refractivity contribution in [2.75, 3.05) is 12.9 Å². The molecule has 0 saturated carbocycles. The van der Waals surface area contributed by atoms with Crippen LogP contribution in [0, 0.1) is 10.1 Å². The number of thioether (sulfide) groups is 1. The number of benzene rings is 2. The number of hydrogen-bond acceptors (Lipinski definition) is 6. The van der Waals surface area contributed by atoms with Crippen molar-refractivity contribution in [3.05, 3.63) is 69.8 Å². The third-order valence-electron chi connectivity index (χ3n) is 4.95. The molecule has 1 N–H and O–H groups in total. The normalized spacial score (nSPS) is 11.7. The Labute approximate surface area is 198 Å². The van der Waals surface area contributed by atoms with Crippen molar-refractivity contribution >= 4 is 29.3 Å². The minimum absolute atomic E-state index is 0.0307. The lowest BCUT2D eigenvalue weighted by Crippen LogP contribution is -2.50. The molecule has 2 rings (SSSR count). The van der Waals surface area contributed by atoms with Gasteiger partial charge in [-0.3, -0.25) is 19.7 Å². The van der Waals surface area contributed by atoms with Gasteiger partial charge in [0.25, 0.3) is 5.69 Å². The van der Waals surface area contributed by atoms with Gasteiger partial charge < -0.3 is 15.0 Å².